The van der Waals surface area contributed by atoms with Crippen molar-refractivity contribution in [3.05, 3.63) is 59.9 Å². The molecule has 2 N–H and O–H groups in total. The largest absolute Gasteiger partial charge is 0.326 e. The molecule has 0 unspecified atom stereocenters. The predicted molar refractivity (Wildman–Crippen MR) is 95.2 cm³/mol. The highest BCUT2D eigenvalue weighted by atomic mass is 32.2. The molecule has 2 aromatic rings. The summed E-state index contributed by atoms with van der Waals surface area (Å²) >= 11 is 0. The van der Waals surface area contributed by atoms with Crippen molar-refractivity contribution in [3.8, 4) is 6.07 Å². The van der Waals surface area contributed by atoms with E-state index in [-0.39, 0.29) is 23.8 Å². The van der Waals surface area contributed by atoms with Gasteiger partial charge in [0.15, 0.2) is 0 Å². The van der Waals surface area contributed by atoms with Gasteiger partial charge in [-0.3, -0.25) is 4.79 Å². The van der Waals surface area contributed by atoms with E-state index < -0.39 is 15.8 Å². The van der Waals surface area contributed by atoms with Crippen molar-refractivity contribution in [1.82, 2.24) is 4.72 Å². The number of benzene rings is 2. The highest BCUT2D eigenvalue weighted by Crippen LogP contribution is 2.11. The molecular weight excluding hydrogens is 357 g/mol. The maximum atomic E-state index is 12.8. The van der Waals surface area contributed by atoms with Gasteiger partial charge in [-0.1, -0.05) is 12.1 Å². The Hall–Kier alpha value is -2.76. The lowest BCUT2D eigenvalue weighted by Gasteiger charge is -2.08. The van der Waals surface area contributed by atoms with E-state index in [2.05, 4.69) is 10.0 Å². The summed E-state index contributed by atoms with van der Waals surface area (Å²) in [7, 11) is -3.72. The number of anilines is 1. The number of nitriles is 1. The van der Waals surface area contributed by atoms with Crippen molar-refractivity contribution in [2.45, 2.75) is 24.2 Å². The zero-order chi connectivity index (χ0) is 19.0. The maximum Gasteiger partial charge on any atom is 0.240 e. The van der Waals surface area contributed by atoms with Crippen LogP contribution in [0.15, 0.2) is 53.4 Å². The van der Waals surface area contributed by atoms with Gasteiger partial charge in [-0.15, -0.1) is 0 Å². The first kappa shape index (κ1) is 19.6. The highest BCUT2D eigenvalue weighted by molar-refractivity contribution is 7.89. The summed E-state index contributed by atoms with van der Waals surface area (Å²) in [6.45, 7) is 0.0915. The molecule has 0 saturated carbocycles. The lowest BCUT2D eigenvalue weighted by atomic mass is 10.1. The van der Waals surface area contributed by atoms with Gasteiger partial charge < -0.3 is 5.32 Å². The van der Waals surface area contributed by atoms with Crippen molar-refractivity contribution < 1.29 is 17.6 Å². The number of nitrogens with one attached hydrogen (secondary N) is 2. The van der Waals surface area contributed by atoms with Crippen LogP contribution in [0.25, 0.3) is 0 Å². The molecular formula is C18H18FN3O3S. The summed E-state index contributed by atoms with van der Waals surface area (Å²) in [6, 6.07) is 13.5. The Morgan fingerprint density at radius 3 is 2.35 bits per heavy atom. The van der Waals surface area contributed by atoms with Crippen LogP contribution in [0.5, 0.6) is 0 Å². The van der Waals surface area contributed by atoms with Crippen molar-refractivity contribution in [2.24, 2.45) is 0 Å². The van der Waals surface area contributed by atoms with Gasteiger partial charge >= 0.3 is 0 Å². The minimum atomic E-state index is -3.72. The number of amides is 1. The molecule has 1 amide bonds. The normalized spacial score (nSPS) is 10.9. The average Bonchev–Trinajstić information content (AvgIpc) is 2.61. The van der Waals surface area contributed by atoms with E-state index in [0.717, 1.165) is 17.7 Å². The van der Waals surface area contributed by atoms with E-state index >= 15 is 0 Å². The molecule has 0 aromatic heterocycles. The van der Waals surface area contributed by atoms with E-state index in [1.165, 1.54) is 12.1 Å². The van der Waals surface area contributed by atoms with Crippen LogP contribution in [0.1, 0.15) is 18.4 Å². The van der Waals surface area contributed by atoms with Crippen molar-refractivity contribution in [1.29, 1.82) is 5.26 Å². The van der Waals surface area contributed by atoms with Crippen molar-refractivity contribution in [3.63, 3.8) is 0 Å². The van der Waals surface area contributed by atoms with Crippen LogP contribution in [-0.2, 0) is 21.2 Å². The molecule has 0 spiro atoms. The summed E-state index contributed by atoms with van der Waals surface area (Å²) < 4.78 is 39.2. The predicted octanol–water partition coefficient (Wildman–Crippen LogP) is 2.59. The molecule has 8 heteroatoms. The summed E-state index contributed by atoms with van der Waals surface area (Å²) in [6.07, 6.45) is 0.771. The molecule has 0 atom stereocenters. The van der Waals surface area contributed by atoms with Gasteiger partial charge in [-0.25, -0.2) is 17.5 Å². The van der Waals surface area contributed by atoms with Gasteiger partial charge in [0.25, 0.3) is 0 Å². The van der Waals surface area contributed by atoms with Gasteiger partial charge in [0.1, 0.15) is 5.82 Å². The number of hydrogen-bond acceptors (Lipinski definition) is 4. The molecule has 136 valence electrons. The number of carbonyl (C=O) groups is 1. The Bertz CT molecular complexity index is 889. The van der Waals surface area contributed by atoms with Crippen LogP contribution in [0.3, 0.4) is 0 Å². The number of rotatable bonds is 8. The van der Waals surface area contributed by atoms with E-state index in [1.807, 2.05) is 6.07 Å². The first-order valence-electron chi connectivity index (χ1n) is 7.92. The Labute approximate surface area is 151 Å². The highest BCUT2D eigenvalue weighted by Gasteiger charge is 2.13. The first-order chi connectivity index (χ1) is 12.4. The fraction of sp³-hybridized carbons (Fsp3) is 0.222. The molecule has 0 fully saturated rings. The lowest BCUT2D eigenvalue weighted by Crippen LogP contribution is -2.25. The van der Waals surface area contributed by atoms with Crippen LogP contribution < -0.4 is 10.0 Å². The van der Waals surface area contributed by atoms with Gasteiger partial charge in [0.05, 0.1) is 17.4 Å². The molecule has 2 rings (SSSR count). The SMILES string of the molecule is N#CCc1ccc(NC(=O)CCCNS(=O)(=O)c2ccc(F)cc2)cc1. The van der Waals surface area contributed by atoms with Crippen LogP contribution in [0.2, 0.25) is 0 Å². The Morgan fingerprint density at radius 2 is 1.73 bits per heavy atom. The van der Waals surface area contributed by atoms with E-state index in [0.29, 0.717) is 18.5 Å². The molecule has 0 saturated heterocycles. The summed E-state index contributed by atoms with van der Waals surface area (Å²) in [5, 5.41) is 11.3. The molecule has 0 heterocycles. The average molecular weight is 375 g/mol. The van der Waals surface area contributed by atoms with E-state index in [1.54, 1.807) is 24.3 Å². The number of carbonyl (C=O) groups excluding carboxylic acids is 1. The first-order valence-corrected chi connectivity index (χ1v) is 9.40. The fourth-order valence-corrected chi connectivity index (χ4v) is 3.25. The fourth-order valence-electron chi connectivity index (χ4n) is 2.17. The quantitative estimate of drug-likeness (QED) is 0.693. The summed E-state index contributed by atoms with van der Waals surface area (Å²) in [5.74, 6) is -0.750. The third kappa shape index (κ3) is 5.95. The van der Waals surface area contributed by atoms with Gasteiger partial charge in [0, 0.05) is 18.7 Å². The third-order valence-corrected chi connectivity index (χ3v) is 4.99. The van der Waals surface area contributed by atoms with E-state index in [4.69, 9.17) is 5.26 Å². The van der Waals surface area contributed by atoms with Crippen molar-refractivity contribution in [2.75, 3.05) is 11.9 Å². The minimum Gasteiger partial charge on any atom is -0.326 e. The van der Waals surface area contributed by atoms with Crippen LogP contribution in [-0.4, -0.2) is 20.9 Å². The van der Waals surface area contributed by atoms with Gasteiger partial charge in [0.2, 0.25) is 15.9 Å². The molecule has 0 radical (unpaired) electrons. The molecule has 0 aliphatic carbocycles. The van der Waals surface area contributed by atoms with Crippen LogP contribution >= 0.6 is 0 Å². The van der Waals surface area contributed by atoms with Gasteiger partial charge in [-0.05, 0) is 48.4 Å². The van der Waals surface area contributed by atoms with E-state index in [9.17, 15) is 17.6 Å². The number of hydrogen-bond donors (Lipinski definition) is 2. The lowest BCUT2D eigenvalue weighted by molar-refractivity contribution is -0.116. The summed E-state index contributed by atoms with van der Waals surface area (Å²) in [4.78, 5) is 11.8. The van der Waals surface area contributed by atoms with Gasteiger partial charge in [-0.2, -0.15) is 5.26 Å². The maximum absolute atomic E-state index is 12.8. The second kappa shape index (κ2) is 9.08. The molecule has 6 nitrogen and oxygen atoms in total. The zero-order valence-corrected chi connectivity index (χ0v) is 14.7. The summed E-state index contributed by atoms with van der Waals surface area (Å²) in [5.41, 5.74) is 1.48. The molecule has 2 aromatic carbocycles. The molecule has 0 aliphatic heterocycles. The number of sulfonamides is 1. The second-order valence-corrected chi connectivity index (χ2v) is 7.30. The third-order valence-electron chi connectivity index (χ3n) is 3.52. The van der Waals surface area contributed by atoms with Crippen LogP contribution in [0.4, 0.5) is 10.1 Å². The Morgan fingerprint density at radius 1 is 1.08 bits per heavy atom. The standard InChI is InChI=1S/C18H18FN3O3S/c19-15-5-9-17(10-6-15)26(24,25)21-13-1-2-18(23)22-16-7-3-14(4-8-16)11-12-20/h3-10,21H,1-2,11,13H2,(H,22,23). The topological polar surface area (TPSA) is 99.1 Å². The second-order valence-electron chi connectivity index (χ2n) is 5.54. The Balaban J connectivity index is 1.76. The zero-order valence-electron chi connectivity index (χ0n) is 13.9. The molecule has 26 heavy (non-hydrogen) atoms. The smallest absolute Gasteiger partial charge is 0.240 e. The minimum absolute atomic E-state index is 0.0270. The number of nitrogens with zero attached hydrogens (tertiary/aromatic N) is 1. The van der Waals surface area contributed by atoms with Crippen LogP contribution in [0, 0.1) is 17.1 Å². The number of halogens is 1. The van der Waals surface area contributed by atoms with Crippen molar-refractivity contribution >= 4 is 21.6 Å². The monoisotopic (exact) mass is 375 g/mol. The molecule has 0 aliphatic rings. The Kier molecular flexibility index (Phi) is 6.83. The molecule has 0 bridgehead atoms.